The molecule has 90 valence electrons. The van der Waals surface area contributed by atoms with Crippen molar-refractivity contribution in [1.29, 1.82) is 0 Å². The van der Waals surface area contributed by atoms with Crippen molar-refractivity contribution in [1.82, 2.24) is 0 Å². The molecule has 1 aromatic carbocycles. The molecule has 6 heteroatoms. The molecule has 0 aliphatic heterocycles. The molecule has 0 fully saturated rings. The van der Waals surface area contributed by atoms with Crippen LogP contribution in [-0.2, 0) is 0 Å². The molecule has 1 aromatic heterocycles. The maximum Gasteiger partial charge on any atom is 0.387 e. The Bertz CT molecular complexity index is 512. The summed E-state index contributed by atoms with van der Waals surface area (Å²) in [7, 11) is 0. The quantitative estimate of drug-likeness (QED) is 0.836. The summed E-state index contributed by atoms with van der Waals surface area (Å²) in [5.74, 6) is -0.640. The van der Waals surface area contributed by atoms with E-state index >= 15 is 0 Å². The van der Waals surface area contributed by atoms with Crippen LogP contribution in [0, 0.1) is 5.82 Å². The minimum atomic E-state index is -3.00. The summed E-state index contributed by atoms with van der Waals surface area (Å²) in [6.45, 7) is -3.00. The van der Waals surface area contributed by atoms with E-state index in [0.717, 1.165) is 6.07 Å². The van der Waals surface area contributed by atoms with Crippen LogP contribution in [0.4, 0.5) is 13.2 Å². The molecule has 2 rings (SSSR count). The molecule has 0 amide bonds. The van der Waals surface area contributed by atoms with E-state index in [1.807, 2.05) is 0 Å². The molecule has 1 heterocycles. The third-order valence-corrected chi connectivity index (χ3v) is 2.64. The second-order valence-electron chi connectivity index (χ2n) is 3.12. The molecule has 0 radical (unpaired) electrons. The maximum atomic E-state index is 13.6. The molecular weight excluding hydrogens is 301 g/mol. The lowest BCUT2D eigenvalue weighted by atomic mass is 10.1. The summed E-state index contributed by atoms with van der Waals surface area (Å²) < 4.78 is 47.1. The second kappa shape index (κ2) is 4.83. The molecule has 0 atom stereocenters. The van der Waals surface area contributed by atoms with Gasteiger partial charge in [0.1, 0.15) is 17.3 Å². The molecule has 2 aromatic rings. The second-order valence-corrected chi connectivity index (χ2v) is 3.97. The number of furan rings is 1. The minimum Gasteiger partial charge on any atom is -0.464 e. The van der Waals surface area contributed by atoms with E-state index in [1.54, 1.807) is 12.1 Å². The van der Waals surface area contributed by atoms with Gasteiger partial charge in [0.15, 0.2) is 0 Å². The molecule has 17 heavy (non-hydrogen) atoms. The summed E-state index contributed by atoms with van der Waals surface area (Å²) in [6.07, 6.45) is 1.40. The first kappa shape index (κ1) is 12.0. The zero-order valence-corrected chi connectivity index (χ0v) is 9.88. The van der Waals surface area contributed by atoms with Crippen molar-refractivity contribution in [3.63, 3.8) is 0 Å². The lowest BCUT2D eigenvalue weighted by Gasteiger charge is -2.08. The molecule has 2 nitrogen and oxygen atoms in total. The average Bonchev–Trinajstić information content (AvgIpc) is 2.75. The maximum absolute atomic E-state index is 13.6. The highest BCUT2D eigenvalue weighted by atomic mass is 79.9. The highest BCUT2D eigenvalue weighted by Gasteiger charge is 2.15. The van der Waals surface area contributed by atoms with E-state index in [2.05, 4.69) is 20.7 Å². The van der Waals surface area contributed by atoms with Crippen molar-refractivity contribution in [3.8, 4) is 17.1 Å². The van der Waals surface area contributed by atoms with E-state index in [1.165, 1.54) is 12.3 Å². The van der Waals surface area contributed by atoms with Crippen LogP contribution in [0.25, 0.3) is 11.3 Å². The Hall–Kier alpha value is -1.43. The van der Waals surface area contributed by atoms with Crippen LogP contribution in [-0.4, -0.2) is 6.61 Å². The summed E-state index contributed by atoms with van der Waals surface area (Å²) >= 11 is 3.03. The van der Waals surface area contributed by atoms with Crippen LogP contribution >= 0.6 is 15.9 Å². The first-order valence-corrected chi connectivity index (χ1v) is 5.35. The van der Waals surface area contributed by atoms with Crippen molar-refractivity contribution in [2.45, 2.75) is 6.61 Å². The van der Waals surface area contributed by atoms with Gasteiger partial charge in [0.25, 0.3) is 0 Å². The van der Waals surface area contributed by atoms with Gasteiger partial charge in [-0.3, -0.25) is 0 Å². The number of ether oxygens (including phenoxy) is 1. The van der Waals surface area contributed by atoms with E-state index < -0.39 is 12.4 Å². The molecule has 0 unspecified atom stereocenters. The zero-order valence-electron chi connectivity index (χ0n) is 8.29. The van der Waals surface area contributed by atoms with Crippen LogP contribution < -0.4 is 4.74 Å². The first-order valence-electron chi connectivity index (χ1n) is 4.55. The van der Waals surface area contributed by atoms with E-state index in [9.17, 15) is 13.2 Å². The molecule has 0 N–H and O–H groups in total. The highest BCUT2D eigenvalue weighted by Crippen LogP contribution is 2.34. The van der Waals surface area contributed by atoms with Crippen molar-refractivity contribution >= 4 is 15.9 Å². The van der Waals surface area contributed by atoms with Gasteiger partial charge >= 0.3 is 6.61 Å². The number of rotatable bonds is 3. The molecule has 0 bridgehead atoms. The average molecular weight is 307 g/mol. The molecule has 0 aliphatic carbocycles. The predicted molar refractivity (Wildman–Crippen MR) is 58.4 cm³/mol. The van der Waals surface area contributed by atoms with Gasteiger partial charge in [0.2, 0.25) is 0 Å². The largest absolute Gasteiger partial charge is 0.464 e. The normalized spacial score (nSPS) is 10.9. The lowest BCUT2D eigenvalue weighted by Crippen LogP contribution is -2.03. The summed E-state index contributed by atoms with van der Waals surface area (Å²) in [5, 5.41) is 0. The number of hydrogen-bond acceptors (Lipinski definition) is 2. The fraction of sp³-hybridized carbons (Fsp3) is 0.0909. The fourth-order valence-corrected chi connectivity index (χ4v) is 1.77. The van der Waals surface area contributed by atoms with Crippen LogP contribution in [0.3, 0.4) is 0 Å². The third kappa shape index (κ3) is 2.63. The number of alkyl halides is 2. The van der Waals surface area contributed by atoms with Crippen LogP contribution in [0.2, 0.25) is 0 Å². The monoisotopic (exact) mass is 306 g/mol. The summed E-state index contributed by atoms with van der Waals surface area (Å²) in [6, 6.07) is 5.38. The summed E-state index contributed by atoms with van der Waals surface area (Å²) in [5.41, 5.74) is 0.170. The topological polar surface area (TPSA) is 22.4 Å². The summed E-state index contributed by atoms with van der Waals surface area (Å²) in [4.78, 5) is 0. The van der Waals surface area contributed by atoms with E-state index in [0.29, 0.717) is 5.76 Å². The Morgan fingerprint density at radius 1 is 1.29 bits per heavy atom. The van der Waals surface area contributed by atoms with Gasteiger partial charge in [-0.1, -0.05) is 0 Å². The van der Waals surface area contributed by atoms with Crippen LogP contribution in [0.1, 0.15) is 0 Å². The van der Waals surface area contributed by atoms with E-state index in [4.69, 9.17) is 4.42 Å². The number of benzene rings is 1. The Kier molecular flexibility index (Phi) is 3.42. The SMILES string of the molecule is Fc1cc(OC(F)F)c(Br)cc1-c1ccco1. The zero-order chi connectivity index (χ0) is 12.4. The Morgan fingerprint density at radius 2 is 2.06 bits per heavy atom. The molecular formula is C11H6BrF3O2. The van der Waals surface area contributed by atoms with Gasteiger partial charge in [-0.2, -0.15) is 8.78 Å². The smallest absolute Gasteiger partial charge is 0.387 e. The molecule has 0 spiro atoms. The van der Waals surface area contributed by atoms with Crippen molar-refractivity contribution < 1.29 is 22.3 Å². The lowest BCUT2D eigenvalue weighted by molar-refractivity contribution is -0.0504. The van der Waals surface area contributed by atoms with Crippen molar-refractivity contribution in [2.75, 3.05) is 0 Å². The fourth-order valence-electron chi connectivity index (χ4n) is 1.34. The molecule has 0 aliphatic rings. The van der Waals surface area contributed by atoms with E-state index in [-0.39, 0.29) is 15.8 Å². The standard InChI is InChI=1S/C11H6BrF3O2/c12-7-4-6(9-2-1-3-16-9)8(13)5-10(7)17-11(14)15/h1-5,11H. The highest BCUT2D eigenvalue weighted by molar-refractivity contribution is 9.10. The van der Waals surface area contributed by atoms with Crippen molar-refractivity contribution in [2.24, 2.45) is 0 Å². The third-order valence-electron chi connectivity index (χ3n) is 2.02. The minimum absolute atomic E-state index is 0.170. The number of hydrogen-bond donors (Lipinski definition) is 0. The van der Waals surface area contributed by atoms with Crippen LogP contribution in [0.5, 0.6) is 5.75 Å². The van der Waals surface area contributed by atoms with Crippen LogP contribution in [0.15, 0.2) is 39.4 Å². The predicted octanol–water partition coefficient (Wildman–Crippen LogP) is 4.45. The van der Waals surface area contributed by atoms with Gasteiger partial charge in [-0.15, -0.1) is 0 Å². The van der Waals surface area contributed by atoms with Gasteiger partial charge < -0.3 is 9.15 Å². The Labute approximate surface area is 103 Å². The molecule has 0 saturated heterocycles. The van der Waals surface area contributed by atoms with Crippen molar-refractivity contribution in [3.05, 3.63) is 40.8 Å². The molecule has 0 saturated carbocycles. The van der Waals surface area contributed by atoms with Gasteiger partial charge in [0, 0.05) is 6.07 Å². The first-order chi connectivity index (χ1) is 8.08. The Morgan fingerprint density at radius 3 is 2.65 bits per heavy atom. The van der Waals surface area contributed by atoms with Gasteiger partial charge in [0.05, 0.1) is 16.3 Å². The van der Waals surface area contributed by atoms with Gasteiger partial charge in [-0.25, -0.2) is 4.39 Å². The Balaban J connectivity index is 2.42. The van der Waals surface area contributed by atoms with Gasteiger partial charge in [-0.05, 0) is 34.1 Å². The number of halogens is 4.